The first-order valence-corrected chi connectivity index (χ1v) is 12.2. The summed E-state index contributed by atoms with van der Waals surface area (Å²) < 4.78 is 2.01. The Hall–Kier alpha value is -3.31. The average molecular weight is 457 g/mol. The fourth-order valence-corrected chi connectivity index (χ4v) is 4.61. The van der Waals surface area contributed by atoms with Crippen LogP contribution in [0.4, 0.5) is 0 Å². The quantitative estimate of drug-likeness (QED) is 0.252. The van der Waals surface area contributed by atoms with Crippen LogP contribution in [0.2, 0.25) is 0 Å². The number of rotatable bonds is 8. The molecule has 4 nitrogen and oxygen atoms in total. The highest BCUT2D eigenvalue weighted by molar-refractivity contribution is 7.99. The second-order valence-electron chi connectivity index (χ2n) is 8.00. The number of aromatic nitrogens is 1. The van der Waals surface area contributed by atoms with Crippen LogP contribution in [-0.4, -0.2) is 22.0 Å². The number of carbonyl (C=O) groups excluding carboxylic acids is 2. The molecule has 0 saturated heterocycles. The topological polar surface area (TPSA) is 51.1 Å². The minimum Gasteiger partial charge on any atom is -0.348 e. The van der Waals surface area contributed by atoms with E-state index in [4.69, 9.17) is 0 Å². The van der Waals surface area contributed by atoms with Crippen molar-refractivity contribution < 1.29 is 9.59 Å². The van der Waals surface area contributed by atoms with Crippen molar-refractivity contribution in [2.45, 2.75) is 38.8 Å². The zero-order valence-corrected chi connectivity index (χ0v) is 20.0. The molecule has 168 valence electrons. The van der Waals surface area contributed by atoms with E-state index in [-0.39, 0.29) is 11.7 Å². The number of amides is 1. The summed E-state index contributed by atoms with van der Waals surface area (Å²) in [6, 6.07) is 23.4. The van der Waals surface area contributed by atoms with Crippen LogP contribution >= 0.6 is 11.8 Å². The maximum absolute atomic E-state index is 13.1. The second-order valence-corrected chi connectivity index (χ2v) is 9.34. The molecule has 0 aliphatic heterocycles. The molecule has 1 aromatic heterocycles. The van der Waals surface area contributed by atoms with Crippen LogP contribution in [0, 0.1) is 6.92 Å². The molecule has 0 aliphatic carbocycles. The molecule has 0 radical (unpaired) electrons. The molecular formula is C28H28N2O2S. The highest BCUT2D eigenvalue weighted by atomic mass is 32.2. The Bertz CT molecular complexity index is 1290. The monoisotopic (exact) mass is 456 g/mol. The maximum Gasteiger partial charge on any atom is 0.251 e. The van der Waals surface area contributed by atoms with E-state index in [1.165, 1.54) is 4.90 Å². The van der Waals surface area contributed by atoms with E-state index in [2.05, 4.69) is 24.4 Å². The molecular weight excluding hydrogens is 428 g/mol. The molecule has 0 spiro atoms. The van der Waals surface area contributed by atoms with Crippen molar-refractivity contribution in [3.63, 3.8) is 0 Å². The van der Waals surface area contributed by atoms with Crippen molar-refractivity contribution in [2.75, 3.05) is 5.75 Å². The largest absolute Gasteiger partial charge is 0.348 e. The van der Waals surface area contributed by atoms with Gasteiger partial charge >= 0.3 is 0 Å². The van der Waals surface area contributed by atoms with E-state index < -0.39 is 0 Å². The first-order valence-electron chi connectivity index (χ1n) is 11.2. The van der Waals surface area contributed by atoms with E-state index in [0.29, 0.717) is 29.9 Å². The third kappa shape index (κ3) is 5.04. The lowest BCUT2D eigenvalue weighted by Gasteiger charge is -2.09. The lowest BCUT2D eigenvalue weighted by atomic mass is 10.1. The summed E-state index contributed by atoms with van der Waals surface area (Å²) in [5.41, 5.74) is 5.03. The average Bonchev–Trinajstić information content (AvgIpc) is 3.21. The zero-order chi connectivity index (χ0) is 23.4. The Morgan fingerprint density at radius 2 is 1.58 bits per heavy atom. The molecule has 0 atom stereocenters. The Morgan fingerprint density at radius 3 is 2.24 bits per heavy atom. The van der Waals surface area contributed by atoms with Gasteiger partial charge in [0.05, 0.1) is 5.69 Å². The Morgan fingerprint density at radius 1 is 0.879 bits per heavy atom. The number of benzene rings is 3. The number of thioether (sulfide) groups is 1. The van der Waals surface area contributed by atoms with Crippen LogP contribution < -0.4 is 5.32 Å². The van der Waals surface area contributed by atoms with Gasteiger partial charge in [-0.25, -0.2) is 0 Å². The van der Waals surface area contributed by atoms with E-state index in [1.54, 1.807) is 11.8 Å². The molecule has 1 N–H and O–H groups in total. The van der Waals surface area contributed by atoms with E-state index in [1.807, 2.05) is 79.1 Å². The standard InChI is InChI=1S/C28H28N2O2S/c1-4-30-25-15-12-22(28(32)29-18-20-8-13-24(14-9-20)33-5-2)16-23(25)17-26(30)27(31)21-10-6-19(3)7-11-21/h6-17H,4-5,18H2,1-3H3,(H,29,32). The summed E-state index contributed by atoms with van der Waals surface area (Å²) in [6.45, 7) is 7.31. The molecule has 4 aromatic rings. The molecule has 3 aromatic carbocycles. The number of nitrogens with one attached hydrogen (secondary N) is 1. The van der Waals surface area contributed by atoms with Gasteiger partial charge in [0, 0.05) is 40.0 Å². The number of hydrogen-bond donors (Lipinski definition) is 1. The molecule has 0 fully saturated rings. The van der Waals surface area contributed by atoms with Crippen molar-refractivity contribution >= 4 is 34.4 Å². The van der Waals surface area contributed by atoms with Crippen LogP contribution in [0.5, 0.6) is 0 Å². The number of ketones is 1. The van der Waals surface area contributed by atoms with Gasteiger partial charge in [0.1, 0.15) is 0 Å². The molecule has 33 heavy (non-hydrogen) atoms. The first-order chi connectivity index (χ1) is 16.0. The molecule has 1 amide bonds. The predicted molar refractivity (Wildman–Crippen MR) is 136 cm³/mol. The predicted octanol–water partition coefficient (Wildman–Crippen LogP) is 6.24. The molecule has 0 saturated carbocycles. The third-order valence-corrected chi connectivity index (χ3v) is 6.61. The van der Waals surface area contributed by atoms with Crippen molar-refractivity contribution in [3.05, 3.63) is 101 Å². The Labute approximate surface area is 199 Å². The molecule has 5 heteroatoms. The zero-order valence-electron chi connectivity index (χ0n) is 19.2. The normalized spacial score (nSPS) is 11.0. The van der Waals surface area contributed by atoms with Gasteiger partial charge in [0.15, 0.2) is 0 Å². The lowest BCUT2D eigenvalue weighted by Crippen LogP contribution is -2.22. The summed E-state index contributed by atoms with van der Waals surface area (Å²) >= 11 is 1.80. The summed E-state index contributed by atoms with van der Waals surface area (Å²) in [6.07, 6.45) is 0. The van der Waals surface area contributed by atoms with Gasteiger partial charge in [-0.05, 0) is 61.6 Å². The Kier molecular flexibility index (Phi) is 6.99. The second kappa shape index (κ2) is 10.1. The number of aryl methyl sites for hydroxylation is 2. The van der Waals surface area contributed by atoms with Crippen molar-refractivity contribution in [1.82, 2.24) is 9.88 Å². The first kappa shape index (κ1) is 22.9. The van der Waals surface area contributed by atoms with E-state index in [9.17, 15) is 9.59 Å². The molecule has 1 heterocycles. The van der Waals surface area contributed by atoms with E-state index >= 15 is 0 Å². The number of nitrogens with zero attached hydrogens (tertiary/aromatic N) is 1. The SMILES string of the molecule is CCSc1ccc(CNC(=O)c2ccc3c(c2)cc(C(=O)c2ccc(C)cc2)n3CC)cc1. The van der Waals surface area contributed by atoms with Crippen LogP contribution in [-0.2, 0) is 13.1 Å². The van der Waals surface area contributed by atoms with E-state index in [0.717, 1.165) is 27.8 Å². The fourth-order valence-electron chi connectivity index (χ4n) is 3.95. The van der Waals surface area contributed by atoms with Gasteiger partial charge < -0.3 is 9.88 Å². The molecule has 4 rings (SSSR count). The molecule has 0 aliphatic rings. The van der Waals surface area contributed by atoms with Gasteiger partial charge in [-0.1, -0.05) is 48.9 Å². The molecule has 0 bridgehead atoms. The van der Waals surface area contributed by atoms with Gasteiger partial charge in [-0.15, -0.1) is 11.8 Å². The maximum atomic E-state index is 13.1. The minimum atomic E-state index is -0.125. The highest BCUT2D eigenvalue weighted by Gasteiger charge is 2.17. The van der Waals surface area contributed by atoms with Gasteiger partial charge in [0.25, 0.3) is 5.91 Å². The summed E-state index contributed by atoms with van der Waals surface area (Å²) in [5.74, 6) is 0.903. The van der Waals surface area contributed by atoms with Crippen LogP contribution in [0.1, 0.15) is 51.4 Å². The minimum absolute atomic E-state index is 0.0104. The van der Waals surface area contributed by atoms with Gasteiger partial charge in [-0.2, -0.15) is 0 Å². The van der Waals surface area contributed by atoms with Crippen molar-refractivity contribution in [3.8, 4) is 0 Å². The number of hydrogen-bond acceptors (Lipinski definition) is 3. The third-order valence-electron chi connectivity index (χ3n) is 5.71. The number of carbonyl (C=O) groups is 2. The van der Waals surface area contributed by atoms with Crippen molar-refractivity contribution in [1.29, 1.82) is 0 Å². The highest BCUT2D eigenvalue weighted by Crippen LogP contribution is 2.24. The summed E-state index contributed by atoms with van der Waals surface area (Å²) in [4.78, 5) is 27.2. The number of fused-ring (bicyclic) bond motifs is 1. The van der Waals surface area contributed by atoms with Crippen LogP contribution in [0.3, 0.4) is 0 Å². The molecule has 0 unspecified atom stereocenters. The Balaban J connectivity index is 1.54. The lowest BCUT2D eigenvalue weighted by molar-refractivity contribution is 0.0950. The fraction of sp³-hybridized carbons (Fsp3) is 0.214. The van der Waals surface area contributed by atoms with Crippen molar-refractivity contribution in [2.24, 2.45) is 0 Å². The van der Waals surface area contributed by atoms with Gasteiger partial charge in [-0.3, -0.25) is 9.59 Å². The van der Waals surface area contributed by atoms with Gasteiger partial charge in [0.2, 0.25) is 5.78 Å². The summed E-state index contributed by atoms with van der Waals surface area (Å²) in [5, 5.41) is 3.89. The summed E-state index contributed by atoms with van der Waals surface area (Å²) in [7, 11) is 0. The van der Waals surface area contributed by atoms with Crippen LogP contribution in [0.25, 0.3) is 10.9 Å². The smallest absolute Gasteiger partial charge is 0.251 e. The van der Waals surface area contributed by atoms with Crippen LogP contribution in [0.15, 0.2) is 77.7 Å².